The van der Waals surface area contributed by atoms with Crippen LogP contribution in [0, 0.1) is 0 Å². The number of aromatic nitrogens is 2. The van der Waals surface area contributed by atoms with E-state index in [9.17, 15) is 4.79 Å². The smallest absolute Gasteiger partial charge is 0.348 e. The zero-order valence-electron chi connectivity index (χ0n) is 13.0. The van der Waals surface area contributed by atoms with Crippen molar-refractivity contribution in [1.29, 1.82) is 0 Å². The number of fused-ring (bicyclic) bond motifs is 1. The number of aryl methyl sites for hydroxylation is 2. The van der Waals surface area contributed by atoms with E-state index in [0.717, 1.165) is 18.4 Å². The monoisotopic (exact) mass is 340 g/mol. The third kappa shape index (κ3) is 3.10. The zero-order valence-corrected chi connectivity index (χ0v) is 13.8. The average molecular weight is 340 g/mol. The SMILES string of the molecule is O=C(OCc1nnc(-c2ccccc2)o1)c1cc2c(s1)CCCC2. The molecule has 2 heterocycles. The van der Waals surface area contributed by atoms with Crippen LogP contribution < -0.4 is 0 Å². The van der Waals surface area contributed by atoms with Crippen LogP contribution in [0.1, 0.15) is 38.8 Å². The Morgan fingerprint density at radius 2 is 2.00 bits per heavy atom. The third-order valence-corrected chi connectivity index (χ3v) is 5.23. The molecule has 0 aliphatic heterocycles. The number of thiophene rings is 1. The van der Waals surface area contributed by atoms with Crippen LogP contribution in [-0.4, -0.2) is 16.2 Å². The molecule has 0 bridgehead atoms. The predicted octanol–water partition coefficient (Wildman–Crippen LogP) is 4.03. The molecule has 1 aliphatic rings. The van der Waals surface area contributed by atoms with Crippen LogP contribution in [-0.2, 0) is 24.2 Å². The molecule has 5 nitrogen and oxygen atoms in total. The van der Waals surface area contributed by atoms with Gasteiger partial charge in [0.15, 0.2) is 6.61 Å². The largest absolute Gasteiger partial charge is 0.451 e. The fourth-order valence-corrected chi connectivity index (χ4v) is 3.95. The molecule has 2 aromatic heterocycles. The molecule has 0 fully saturated rings. The number of benzene rings is 1. The van der Waals surface area contributed by atoms with Crippen LogP contribution in [0.4, 0.5) is 0 Å². The first kappa shape index (κ1) is 15.1. The van der Waals surface area contributed by atoms with Gasteiger partial charge in [-0.05, 0) is 49.4 Å². The van der Waals surface area contributed by atoms with E-state index in [2.05, 4.69) is 10.2 Å². The number of carbonyl (C=O) groups is 1. The predicted molar refractivity (Wildman–Crippen MR) is 89.8 cm³/mol. The van der Waals surface area contributed by atoms with Gasteiger partial charge >= 0.3 is 5.97 Å². The van der Waals surface area contributed by atoms with E-state index >= 15 is 0 Å². The molecule has 0 saturated carbocycles. The Hall–Kier alpha value is -2.47. The molecule has 0 saturated heterocycles. The summed E-state index contributed by atoms with van der Waals surface area (Å²) in [6, 6.07) is 11.5. The van der Waals surface area contributed by atoms with Gasteiger partial charge in [0, 0.05) is 10.4 Å². The highest BCUT2D eigenvalue weighted by Gasteiger charge is 2.19. The summed E-state index contributed by atoms with van der Waals surface area (Å²) in [5.41, 5.74) is 2.14. The molecular weight excluding hydrogens is 324 g/mol. The first-order chi connectivity index (χ1) is 11.8. The molecule has 0 radical (unpaired) electrons. The third-order valence-electron chi connectivity index (χ3n) is 4.01. The Bertz CT molecular complexity index is 831. The van der Waals surface area contributed by atoms with Gasteiger partial charge in [0.2, 0.25) is 5.89 Å². The van der Waals surface area contributed by atoms with Gasteiger partial charge in [-0.25, -0.2) is 4.79 Å². The fourth-order valence-electron chi connectivity index (χ4n) is 2.80. The highest BCUT2D eigenvalue weighted by molar-refractivity contribution is 7.14. The van der Waals surface area contributed by atoms with Gasteiger partial charge in [0.1, 0.15) is 4.88 Å². The van der Waals surface area contributed by atoms with Gasteiger partial charge in [0.25, 0.3) is 5.89 Å². The molecule has 4 rings (SSSR count). The van der Waals surface area contributed by atoms with Crippen LogP contribution in [0.5, 0.6) is 0 Å². The fraction of sp³-hybridized carbons (Fsp3) is 0.278. The Morgan fingerprint density at radius 3 is 2.83 bits per heavy atom. The van der Waals surface area contributed by atoms with Crippen LogP contribution in [0.3, 0.4) is 0 Å². The van der Waals surface area contributed by atoms with E-state index in [1.807, 2.05) is 36.4 Å². The molecule has 6 heteroatoms. The quantitative estimate of drug-likeness (QED) is 0.671. The number of esters is 1. The van der Waals surface area contributed by atoms with Crippen molar-refractivity contribution in [3.63, 3.8) is 0 Å². The van der Waals surface area contributed by atoms with Gasteiger partial charge in [-0.15, -0.1) is 21.5 Å². The number of hydrogen-bond donors (Lipinski definition) is 0. The van der Waals surface area contributed by atoms with Crippen molar-refractivity contribution >= 4 is 17.3 Å². The summed E-state index contributed by atoms with van der Waals surface area (Å²) in [7, 11) is 0. The maximum Gasteiger partial charge on any atom is 0.348 e. The topological polar surface area (TPSA) is 65.2 Å². The van der Waals surface area contributed by atoms with Crippen molar-refractivity contribution in [2.45, 2.75) is 32.3 Å². The minimum atomic E-state index is -0.325. The van der Waals surface area contributed by atoms with E-state index in [-0.39, 0.29) is 12.6 Å². The summed E-state index contributed by atoms with van der Waals surface area (Å²) in [6.07, 6.45) is 4.52. The standard InChI is InChI=1S/C18H16N2O3S/c21-18(15-10-13-8-4-5-9-14(13)24-15)22-11-16-19-20-17(23-16)12-6-2-1-3-7-12/h1-3,6-7,10H,4-5,8-9,11H2. The molecule has 1 aliphatic carbocycles. The van der Waals surface area contributed by atoms with E-state index in [4.69, 9.17) is 9.15 Å². The summed E-state index contributed by atoms with van der Waals surface area (Å²) in [6.45, 7) is -0.0127. The van der Waals surface area contributed by atoms with Gasteiger partial charge in [-0.2, -0.15) is 0 Å². The number of ether oxygens (including phenoxy) is 1. The lowest BCUT2D eigenvalue weighted by molar-refractivity contribution is 0.0444. The second-order valence-corrected chi connectivity index (χ2v) is 6.85. The van der Waals surface area contributed by atoms with Crippen molar-refractivity contribution in [3.8, 4) is 11.5 Å². The van der Waals surface area contributed by atoms with E-state index in [1.165, 1.54) is 34.6 Å². The first-order valence-corrected chi connectivity index (χ1v) is 8.78. The second-order valence-electron chi connectivity index (χ2n) is 5.71. The molecular formula is C18H16N2O3S. The highest BCUT2D eigenvalue weighted by atomic mass is 32.1. The zero-order chi connectivity index (χ0) is 16.4. The van der Waals surface area contributed by atoms with Gasteiger partial charge in [0.05, 0.1) is 0 Å². The molecule has 0 unspecified atom stereocenters. The average Bonchev–Trinajstić information content (AvgIpc) is 3.27. The maximum absolute atomic E-state index is 12.2. The number of carbonyl (C=O) groups excluding carboxylic acids is 1. The van der Waals surface area contributed by atoms with Crippen LogP contribution >= 0.6 is 11.3 Å². The van der Waals surface area contributed by atoms with E-state index < -0.39 is 0 Å². The van der Waals surface area contributed by atoms with Crippen molar-refractivity contribution < 1.29 is 13.9 Å². The minimum Gasteiger partial charge on any atom is -0.451 e. The normalized spacial score (nSPS) is 13.5. The summed E-state index contributed by atoms with van der Waals surface area (Å²) >= 11 is 1.54. The second kappa shape index (κ2) is 6.57. The maximum atomic E-state index is 12.2. The van der Waals surface area contributed by atoms with Crippen molar-refractivity contribution in [3.05, 3.63) is 57.6 Å². The summed E-state index contributed by atoms with van der Waals surface area (Å²) in [5, 5.41) is 7.92. The highest BCUT2D eigenvalue weighted by Crippen LogP contribution is 2.30. The molecule has 0 atom stereocenters. The first-order valence-electron chi connectivity index (χ1n) is 7.96. The Labute approximate surface area is 143 Å². The Kier molecular flexibility index (Phi) is 4.13. The van der Waals surface area contributed by atoms with Crippen LogP contribution in [0.25, 0.3) is 11.5 Å². The molecule has 24 heavy (non-hydrogen) atoms. The summed E-state index contributed by atoms with van der Waals surface area (Å²) in [5.74, 6) is 0.394. The van der Waals surface area contributed by atoms with Gasteiger partial charge in [-0.3, -0.25) is 0 Å². The van der Waals surface area contributed by atoms with Crippen LogP contribution in [0.15, 0.2) is 40.8 Å². The molecule has 1 aromatic carbocycles. The van der Waals surface area contributed by atoms with Gasteiger partial charge in [-0.1, -0.05) is 18.2 Å². The molecule has 0 N–H and O–H groups in total. The number of nitrogens with zero attached hydrogens (tertiary/aromatic N) is 2. The molecule has 0 amide bonds. The van der Waals surface area contributed by atoms with E-state index in [1.54, 1.807) is 0 Å². The lowest BCUT2D eigenvalue weighted by Crippen LogP contribution is -2.03. The van der Waals surface area contributed by atoms with Crippen molar-refractivity contribution in [2.75, 3.05) is 0 Å². The van der Waals surface area contributed by atoms with Crippen molar-refractivity contribution in [1.82, 2.24) is 10.2 Å². The van der Waals surface area contributed by atoms with E-state index in [0.29, 0.717) is 16.7 Å². The lowest BCUT2D eigenvalue weighted by atomic mass is 9.99. The van der Waals surface area contributed by atoms with Crippen LogP contribution in [0.2, 0.25) is 0 Å². The number of hydrogen-bond acceptors (Lipinski definition) is 6. The molecule has 122 valence electrons. The van der Waals surface area contributed by atoms with Crippen molar-refractivity contribution in [2.24, 2.45) is 0 Å². The molecule has 0 spiro atoms. The molecule has 3 aromatic rings. The Morgan fingerprint density at radius 1 is 1.17 bits per heavy atom. The lowest BCUT2D eigenvalue weighted by Gasteiger charge is -2.08. The summed E-state index contributed by atoms with van der Waals surface area (Å²) < 4.78 is 10.9. The number of rotatable bonds is 4. The summed E-state index contributed by atoms with van der Waals surface area (Å²) in [4.78, 5) is 14.2. The minimum absolute atomic E-state index is 0.0127. The van der Waals surface area contributed by atoms with Gasteiger partial charge < -0.3 is 9.15 Å². The Balaban J connectivity index is 1.41.